The van der Waals surface area contributed by atoms with Gasteiger partial charge in [0.15, 0.2) is 0 Å². The Bertz CT molecular complexity index is 527. The molecular formula is C14H21N3O4. The van der Waals surface area contributed by atoms with Crippen molar-refractivity contribution in [2.24, 2.45) is 0 Å². The Kier molecular flexibility index (Phi) is 5.12. The van der Waals surface area contributed by atoms with Gasteiger partial charge in [0, 0.05) is 12.2 Å². The molecular weight excluding hydrogens is 274 g/mol. The molecule has 0 aliphatic heterocycles. The smallest absolute Gasteiger partial charge is 0.413 e. The number of hydrogen-bond donors (Lipinski definition) is 3. The van der Waals surface area contributed by atoms with Crippen molar-refractivity contribution >= 4 is 18.0 Å². The molecule has 2 amide bonds. The van der Waals surface area contributed by atoms with Crippen molar-refractivity contribution in [3.8, 4) is 0 Å². The first-order valence-electron chi connectivity index (χ1n) is 6.52. The van der Waals surface area contributed by atoms with Gasteiger partial charge in [-0.25, -0.2) is 14.6 Å². The van der Waals surface area contributed by atoms with Gasteiger partial charge in [-0.3, -0.25) is 5.32 Å². The first-order chi connectivity index (χ1) is 9.58. The van der Waals surface area contributed by atoms with Crippen molar-refractivity contribution in [1.29, 1.82) is 0 Å². The van der Waals surface area contributed by atoms with Gasteiger partial charge in [0.2, 0.25) is 0 Å². The molecule has 0 radical (unpaired) electrons. The first kappa shape index (κ1) is 16.7. The lowest BCUT2D eigenvalue weighted by atomic mass is 10.1. The second-order valence-corrected chi connectivity index (χ2v) is 5.67. The van der Waals surface area contributed by atoms with E-state index in [1.54, 1.807) is 33.8 Å². The molecule has 0 spiro atoms. The van der Waals surface area contributed by atoms with Crippen molar-refractivity contribution in [1.82, 2.24) is 10.3 Å². The maximum Gasteiger partial charge on any atom is 0.413 e. The fourth-order valence-corrected chi connectivity index (χ4v) is 1.76. The van der Waals surface area contributed by atoms with Crippen molar-refractivity contribution in [2.45, 2.75) is 46.8 Å². The highest BCUT2D eigenvalue weighted by Gasteiger charge is 2.17. The molecule has 7 nitrogen and oxygen atoms in total. The average molecular weight is 295 g/mol. The number of pyridine rings is 1. The van der Waals surface area contributed by atoms with Crippen LogP contribution in [0.4, 0.5) is 15.4 Å². The Balaban J connectivity index is 2.83. The van der Waals surface area contributed by atoms with Crippen molar-refractivity contribution in [3.05, 3.63) is 22.9 Å². The number of carbonyl (C=O) groups excluding carboxylic acids is 1. The van der Waals surface area contributed by atoms with Crippen LogP contribution in [0.5, 0.6) is 0 Å². The quantitative estimate of drug-likeness (QED) is 0.796. The summed E-state index contributed by atoms with van der Waals surface area (Å²) in [5.41, 5.74) is 1.68. The number of anilines is 1. The highest BCUT2D eigenvalue weighted by molar-refractivity contribution is 5.83. The Morgan fingerprint density at radius 3 is 2.43 bits per heavy atom. The van der Waals surface area contributed by atoms with Crippen molar-refractivity contribution in [3.63, 3.8) is 0 Å². The van der Waals surface area contributed by atoms with Crippen LogP contribution >= 0.6 is 0 Å². The van der Waals surface area contributed by atoms with E-state index in [9.17, 15) is 9.59 Å². The largest absolute Gasteiger partial charge is 0.465 e. The molecule has 1 aromatic rings. The van der Waals surface area contributed by atoms with Gasteiger partial charge in [-0.05, 0) is 51.8 Å². The van der Waals surface area contributed by atoms with Crippen molar-refractivity contribution in [2.75, 3.05) is 5.32 Å². The molecule has 7 heteroatoms. The van der Waals surface area contributed by atoms with Crippen LogP contribution in [0.3, 0.4) is 0 Å². The van der Waals surface area contributed by atoms with E-state index in [4.69, 9.17) is 9.84 Å². The van der Waals surface area contributed by atoms with Crippen LogP contribution in [-0.4, -0.2) is 27.9 Å². The third kappa shape index (κ3) is 5.68. The minimum Gasteiger partial charge on any atom is -0.465 e. The van der Waals surface area contributed by atoms with E-state index in [1.165, 1.54) is 0 Å². The first-order valence-corrected chi connectivity index (χ1v) is 6.52. The molecule has 1 heterocycles. The van der Waals surface area contributed by atoms with Gasteiger partial charge in [0.1, 0.15) is 11.4 Å². The summed E-state index contributed by atoms with van der Waals surface area (Å²) in [7, 11) is 0. The highest BCUT2D eigenvalue weighted by atomic mass is 16.6. The van der Waals surface area contributed by atoms with Crippen LogP contribution < -0.4 is 10.6 Å². The molecule has 0 fully saturated rings. The molecule has 0 atom stereocenters. The van der Waals surface area contributed by atoms with E-state index in [0.717, 1.165) is 11.1 Å². The minimum atomic E-state index is -1.09. The van der Waals surface area contributed by atoms with E-state index in [2.05, 4.69) is 15.6 Å². The molecule has 0 saturated carbocycles. The SMILES string of the molecule is Cc1cc(NC(=O)OC(C)(C)C)nc(C)c1CNC(=O)O. The van der Waals surface area contributed by atoms with Gasteiger partial charge in [-0.15, -0.1) is 0 Å². The summed E-state index contributed by atoms with van der Waals surface area (Å²) >= 11 is 0. The summed E-state index contributed by atoms with van der Waals surface area (Å²) in [5.74, 6) is 0.373. The second-order valence-electron chi connectivity index (χ2n) is 5.67. The van der Waals surface area contributed by atoms with Crippen LogP contribution in [0, 0.1) is 13.8 Å². The Morgan fingerprint density at radius 2 is 1.95 bits per heavy atom. The number of aromatic nitrogens is 1. The number of carboxylic acid groups (broad SMARTS) is 1. The number of amides is 2. The molecule has 0 saturated heterocycles. The maximum atomic E-state index is 11.7. The van der Waals surface area contributed by atoms with Gasteiger partial charge in [0.25, 0.3) is 0 Å². The van der Waals surface area contributed by atoms with Gasteiger partial charge in [-0.1, -0.05) is 0 Å². The third-order valence-corrected chi connectivity index (χ3v) is 2.60. The van der Waals surface area contributed by atoms with Gasteiger partial charge in [-0.2, -0.15) is 0 Å². The molecule has 116 valence electrons. The lowest BCUT2D eigenvalue weighted by Gasteiger charge is -2.20. The summed E-state index contributed by atoms with van der Waals surface area (Å²) in [6, 6.07) is 1.68. The van der Waals surface area contributed by atoms with E-state index >= 15 is 0 Å². The normalized spacial score (nSPS) is 10.9. The Hall–Kier alpha value is -2.31. The molecule has 0 aromatic carbocycles. The minimum absolute atomic E-state index is 0.173. The Labute approximate surface area is 123 Å². The van der Waals surface area contributed by atoms with Gasteiger partial charge in [0.05, 0.1) is 0 Å². The number of hydrogen-bond acceptors (Lipinski definition) is 4. The van der Waals surface area contributed by atoms with Crippen LogP contribution in [0.2, 0.25) is 0 Å². The lowest BCUT2D eigenvalue weighted by Crippen LogP contribution is -2.27. The molecule has 0 unspecified atom stereocenters. The van der Waals surface area contributed by atoms with E-state index in [1.807, 2.05) is 6.92 Å². The summed E-state index contributed by atoms with van der Waals surface area (Å²) < 4.78 is 5.15. The third-order valence-electron chi connectivity index (χ3n) is 2.60. The summed E-state index contributed by atoms with van der Waals surface area (Å²) in [4.78, 5) is 26.5. The van der Waals surface area contributed by atoms with E-state index in [-0.39, 0.29) is 6.54 Å². The molecule has 21 heavy (non-hydrogen) atoms. The zero-order valence-corrected chi connectivity index (χ0v) is 12.9. The van der Waals surface area contributed by atoms with Crippen LogP contribution in [0.15, 0.2) is 6.07 Å². The monoisotopic (exact) mass is 295 g/mol. The standard InChI is InChI=1S/C14H21N3O4/c1-8-6-11(17-13(20)21-14(3,4)5)16-9(2)10(8)7-15-12(18)19/h6,15H,7H2,1-5H3,(H,18,19)(H,16,17,20). The number of rotatable bonds is 3. The highest BCUT2D eigenvalue weighted by Crippen LogP contribution is 2.17. The topological polar surface area (TPSA) is 101 Å². The number of nitrogens with one attached hydrogen (secondary N) is 2. The Morgan fingerprint density at radius 1 is 1.33 bits per heavy atom. The number of aryl methyl sites for hydroxylation is 2. The fraction of sp³-hybridized carbons (Fsp3) is 0.500. The molecule has 3 N–H and O–H groups in total. The van der Waals surface area contributed by atoms with Crippen LogP contribution in [0.25, 0.3) is 0 Å². The number of carbonyl (C=O) groups is 2. The predicted octanol–water partition coefficient (Wildman–Crippen LogP) is 2.81. The molecule has 0 aliphatic carbocycles. The zero-order chi connectivity index (χ0) is 16.2. The summed E-state index contributed by atoms with van der Waals surface area (Å²) in [6.07, 6.45) is -1.67. The van der Waals surface area contributed by atoms with Crippen molar-refractivity contribution < 1.29 is 19.4 Å². The van der Waals surface area contributed by atoms with E-state index < -0.39 is 17.8 Å². The molecule has 0 bridgehead atoms. The zero-order valence-electron chi connectivity index (χ0n) is 12.9. The summed E-state index contributed by atoms with van der Waals surface area (Å²) in [5, 5.41) is 13.5. The van der Waals surface area contributed by atoms with Gasteiger partial charge < -0.3 is 15.2 Å². The summed E-state index contributed by atoms with van der Waals surface area (Å²) in [6.45, 7) is 9.08. The van der Waals surface area contributed by atoms with Crippen LogP contribution in [-0.2, 0) is 11.3 Å². The molecule has 1 aromatic heterocycles. The average Bonchev–Trinajstić information content (AvgIpc) is 2.24. The fourth-order valence-electron chi connectivity index (χ4n) is 1.76. The predicted molar refractivity (Wildman–Crippen MR) is 78.4 cm³/mol. The second kappa shape index (κ2) is 6.43. The maximum absolute atomic E-state index is 11.7. The molecule has 0 aliphatic rings. The lowest BCUT2D eigenvalue weighted by molar-refractivity contribution is 0.0635. The van der Waals surface area contributed by atoms with E-state index in [0.29, 0.717) is 11.5 Å². The van der Waals surface area contributed by atoms with Crippen LogP contribution in [0.1, 0.15) is 37.6 Å². The molecule has 1 rings (SSSR count). The number of nitrogens with zero attached hydrogens (tertiary/aromatic N) is 1. The van der Waals surface area contributed by atoms with Gasteiger partial charge >= 0.3 is 12.2 Å². The number of ether oxygens (including phenoxy) is 1.